The molecule has 0 aliphatic rings. The Kier molecular flexibility index (Phi) is 2.71. The SMILES string of the molecule is CCn1ccn(CCn2cccn2)c1=O. The Morgan fingerprint density at radius 1 is 1.20 bits per heavy atom. The second-order valence-electron chi connectivity index (χ2n) is 3.33. The maximum Gasteiger partial charge on any atom is 0.328 e. The van der Waals surface area contributed by atoms with Crippen LogP contribution in [0, 0.1) is 0 Å². The molecule has 0 saturated heterocycles. The summed E-state index contributed by atoms with van der Waals surface area (Å²) in [7, 11) is 0. The molecule has 0 unspecified atom stereocenters. The van der Waals surface area contributed by atoms with E-state index in [-0.39, 0.29) is 5.69 Å². The van der Waals surface area contributed by atoms with Gasteiger partial charge < -0.3 is 0 Å². The van der Waals surface area contributed by atoms with Crippen LogP contribution in [0.15, 0.2) is 35.6 Å². The van der Waals surface area contributed by atoms with Crippen molar-refractivity contribution >= 4 is 0 Å². The minimum Gasteiger partial charge on any atom is -0.300 e. The summed E-state index contributed by atoms with van der Waals surface area (Å²) in [6.45, 7) is 4.06. The molecule has 0 radical (unpaired) electrons. The van der Waals surface area contributed by atoms with Crippen molar-refractivity contribution in [1.29, 1.82) is 0 Å². The van der Waals surface area contributed by atoms with Crippen molar-refractivity contribution in [3.8, 4) is 0 Å². The molecule has 2 aromatic rings. The van der Waals surface area contributed by atoms with Gasteiger partial charge in [0.2, 0.25) is 0 Å². The fourth-order valence-electron chi connectivity index (χ4n) is 1.51. The number of aromatic nitrogens is 4. The van der Waals surface area contributed by atoms with E-state index in [1.165, 1.54) is 0 Å². The van der Waals surface area contributed by atoms with Crippen LogP contribution in [0.1, 0.15) is 6.92 Å². The van der Waals surface area contributed by atoms with Gasteiger partial charge in [-0.1, -0.05) is 0 Å². The summed E-state index contributed by atoms with van der Waals surface area (Å²) in [5.74, 6) is 0. The van der Waals surface area contributed by atoms with Crippen molar-refractivity contribution in [3.05, 3.63) is 41.3 Å². The molecule has 2 heterocycles. The van der Waals surface area contributed by atoms with Crippen molar-refractivity contribution in [3.63, 3.8) is 0 Å². The second kappa shape index (κ2) is 4.16. The maximum atomic E-state index is 11.7. The highest BCUT2D eigenvalue weighted by atomic mass is 16.1. The van der Waals surface area contributed by atoms with Crippen LogP contribution in [0.3, 0.4) is 0 Å². The zero-order chi connectivity index (χ0) is 10.7. The first-order chi connectivity index (χ1) is 7.31. The molecule has 0 N–H and O–H groups in total. The predicted molar refractivity (Wildman–Crippen MR) is 56.6 cm³/mol. The monoisotopic (exact) mass is 206 g/mol. The Balaban J connectivity index is 2.05. The summed E-state index contributed by atoms with van der Waals surface area (Å²) in [4.78, 5) is 11.7. The van der Waals surface area contributed by atoms with Gasteiger partial charge in [0.1, 0.15) is 0 Å². The summed E-state index contributed by atoms with van der Waals surface area (Å²) < 4.78 is 5.20. The van der Waals surface area contributed by atoms with Crippen molar-refractivity contribution in [2.75, 3.05) is 0 Å². The Hall–Kier alpha value is -1.78. The summed E-state index contributed by atoms with van der Waals surface area (Å²) in [5, 5.41) is 4.08. The lowest BCUT2D eigenvalue weighted by atomic mass is 10.6. The van der Waals surface area contributed by atoms with E-state index in [0.29, 0.717) is 13.1 Å². The summed E-state index contributed by atoms with van der Waals surface area (Å²) in [6, 6.07) is 1.87. The zero-order valence-electron chi connectivity index (χ0n) is 8.71. The van der Waals surface area contributed by atoms with Gasteiger partial charge >= 0.3 is 5.69 Å². The van der Waals surface area contributed by atoms with E-state index in [0.717, 1.165) is 6.54 Å². The number of nitrogens with zero attached hydrogens (tertiary/aromatic N) is 4. The summed E-state index contributed by atoms with van der Waals surface area (Å²) >= 11 is 0. The van der Waals surface area contributed by atoms with Crippen LogP contribution in [0.5, 0.6) is 0 Å². The molecule has 2 aromatic heterocycles. The molecule has 0 aliphatic heterocycles. The minimum absolute atomic E-state index is 0.0460. The number of hydrogen-bond donors (Lipinski definition) is 0. The largest absolute Gasteiger partial charge is 0.328 e. The highest BCUT2D eigenvalue weighted by Crippen LogP contribution is 1.89. The molecule has 0 amide bonds. The molecule has 15 heavy (non-hydrogen) atoms. The van der Waals surface area contributed by atoms with E-state index in [9.17, 15) is 4.79 Å². The van der Waals surface area contributed by atoms with Crippen LogP contribution >= 0.6 is 0 Å². The highest BCUT2D eigenvalue weighted by Gasteiger charge is 2.00. The van der Waals surface area contributed by atoms with E-state index < -0.39 is 0 Å². The molecule has 2 rings (SSSR count). The Bertz CT molecular complexity index is 466. The topological polar surface area (TPSA) is 44.8 Å². The van der Waals surface area contributed by atoms with Gasteiger partial charge in [0.05, 0.1) is 6.54 Å². The Morgan fingerprint density at radius 3 is 2.60 bits per heavy atom. The van der Waals surface area contributed by atoms with E-state index in [1.807, 2.05) is 36.3 Å². The molecule has 80 valence electrons. The van der Waals surface area contributed by atoms with E-state index in [2.05, 4.69) is 5.10 Å². The van der Waals surface area contributed by atoms with Crippen molar-refractivity contribution in [1.82, 2.24) is 18.9 Å². The van der Waals surface area contributed by atoms with E-state index >= 15 is 0 Å². The van der Waals surface area contributed by atoms with Gasteiger partial charge in [-0.2, -0.15) is 5.10 Å². The zero-order valence-corrected chi connectivity index (χ0v) is 8.71. The molecule has 0 fully saturated rings. The van der Waals surface area contributed by atoms with Gasteiger partial charge in [-0.3, -0.25) is 13.8 Å². The van der Waals surface area contributed by atoms with E-state index in [4.69, 9.17) is 0 Å². The average Bonchev–Trinajstić information content (AvgIpc) is 2.85. The third-order valence-corrected chi connectivity index (χ3v) is 2.39. The van der Waals surface area contributed by atoms with Gasteiger partial charge in [0.25, 0.3) is 0 Å². The first-order valence-corrected chi connectivity index (χ1v) is 5.04. The fourth-order valence-corrected chi connectivity index (χ4v) is 1.51. The molecule has 0 saturated carbocycles. The predicted octanol–water partition coefficient (Wildman–Crippen LogP) is 0.566. The summed E-state index contributed by atoms with van der Waals surface area (Å²) in [5.41, 5.74) is 0.0460. The van der Waals surface area contributed by atoms with Gasteiger partial charge in [-0.25, -0.2) is 4.79 Å². The molecule has 0 atom stereocenters. The van der Waals surface area contributed by atoms with Gasteiger partial charge in [-0.15, -0.1) is 0 Å². The number of hydrogen-bond acceptors (Lipinski definition) is 2. The molecular weight excluding hydrogens is 192 g/mol. The molecule has 0 spiro atoms. The van der Waals surface area contributed by atoms with Gasteiger partial charge in [0.15, 0.2) is 0 Å². The van der Waals surface area contributed by atoms with Crippen LogP contribution in [0.2, 0.25) is 0 Å². The van der Waals surface area contributed by atoms with Crippen LogP contribution in [0.4, 0.5) is 0 Å². The maximum absolute atomic E-state index is 11.7. The van der Waals surface area contributed by atoms with Crippen LogP contribution in [-0.4, -0.2) is 18.9 Å². The molecular formula is C10H14N4O. The average molecular weight is 206 g/mol. The highest BCUT2D eigenvalue weighted by molar-refractivity contribution is 4.82. The van der Waals surface area contributed by atoms with Gasteiger partial charge in [0, 0.05) is 37.9 Å². The third kappa shape index (κ3) is 2.01. The first kappa shape index (κ1) is 9.76. The van der Waals surface area contributed by atoms with Crippen LogP contribution in [0.25, 0.3) is 0 Å². The quantitative estimate of drug-likeness (QED) is 0.734. The summed E-state index contributed by atoms with van der Waals surface area (Å²) in [6.07, 6.45) is 7.25. The second-order valence-corrected chi connectivity index (χ2v) is 3.33. The normalized spacial score (nSPS) is 10.7. The number of aryl methyl sites for hydroxylation is 3. The molecule has 0 aliphatic carbocycles. The van der Waals surface area contributed by atoms with Crippen molar-refractivity contribution in [2.45, 2.75) is 26.6 Å². The van der Waals surface area contributed by atoms with Crippen LogP contribution < -0.4 is 5.69 Å². The van der Waals surface area contributed by atoms with E-state index in [1.54, 1.807) is 15.3 Å². The van der Waals surface area contributed by atoms with Crippen molar-refractivity contribution < 1.29 is 0 Å². The van der Waals surface area contributed by atoms with Gasteiger partial charge in [-0.05, 0) is 13.0 Å². The lowest BCUT2D eigenvalue weighted by molar-refractivity contribution is 0.516. The molecule has 0 aromatic carbocycles. The smallest absolute Gasteiger partial charge is 0.300 e. The molecule has 0 bridgehead atoms. The number of imidazole rings is 1. The van der Waals surface area contributed by atoms with Crippen LogP contribution in [-0.2, 0) is 19.6 Å². The van der Waals surface area contributed by atoms with Crippen molar-refractivity contribution in [2.24, 2.45) is 0 Å². The Labute approximate surface area is 87.6 Å². The third-order valence-electron chi connectivity index (χ3n) is 2.39. The molecule has 5 heteroatoms. The first-order valence-electron chi connectivity index (χ1n) is 5.04. The standard InChI is InChI=1S/C10H14N4O/c1-2-12-6-7-13(10(12)15)8-9-14-5-3-4-11-14/h3-7H,2,8-9H2,1H3. The molecule has 5 nitrogen and oxygen atoms in total. The lowest BCUT2D eigenvalue weighted by Crippen LogP contribution is -2.25. The number of rotatable bonds is 4. The Morgan fingerprint density at radius 2 is 2.00 bits per heavy atom. The fraction of sp³-hybridized carbons (Fsp3) is 0.400. The lowest BCUT2D eigenvalue weighted by Gasteiger charge is -2.01. The minimum atomic E-state index is 0.0460.